The van der Waals surface area contributed by atoms with Gasteiger partial charge in [0.2, 0.25) is 0 Å². The molecular weight excluding hydrogens is 150 g/mol. The number of rotatable bonds is 2. The summed E-state index contributed by atoms with van der Waals surface area (Å²) in [6, 6.07) is 6.15. The number of H-pyrrole nitrogens is 1. The highest BCUT2D eigenvalue weighted by atomic mass is 14.9. The van der Waals surface area contributed by atoms with E-state index in [1.165, 1.54) is 5.56 Å². The standard InChI is InChI=1S/C9H11N3/c1-10-5-7-3-2-4-8-9(7)12-6-11-8/h2-4,6,10H,5H2,1H3,(H,11,12). The van der Waals surface area contributed by atoms with Gasteiger partial charge in [0.15, 0.2) is 0 Å². The van der Waals surface area contributed by atoms with Gasteiger partial charge in [-0.15, -0.1) is 0 Å². The third kappa shape index (κ3) is 1.08. The van der Waals surface area contributed by atoms with E-state index in [0.717, 1.165) is 17.6 Å². The van der Waals surface area contributed by atoms with Gasteiger partial charge in [0.05, 0.1) is 17.4 Å². The molecule has 3 nitrogen and oxygen atoms in total. The first-order chi connectivity index (χ1) is 5.92. The first-order valence-electron chi connectivity index (χ1n) is 3.97. The molecule has 0 saturated heterocycles. The average molecular weight is 161 g/mol. The first-order valence-corrected chi connectivity index (χ1v) is 3.97. The number of nitrogens with zero attached hydrogens (tertiary/aromatic N) is 1. The van der Waals surface area contributed by atoms with E-state index in [9.17, 15) is 0 Å². The van der Waals surface area contributed by atoms with E-state index in [2.05, 4.69) is 21.4 Å². The largest absolute Gasteiger partial charge is 0.345 e. The minimum atomic E-state index is 0.863. The molecule has 0 fully saturated rings. The van der Waals surface area contributed by atoms with E-state index in [0.29, 0.717) is 0 Å². The molecule has 0 aliphatic carbocycles. The van der Waals surface area contributed by atoms with E-state index in [4.69, 9.17) is 0 Å². The van der Waals surface area contributed by atoms with Crippen LogP contribution in [0.5, 0.6) is 0 Å². The van der Waals surface area contributed by atoms with Gasteiger partial charge in [-0.05, 0) is 18.7 Å². The molecule has 0 saturated carbocycles. The van der Waals surface area contributed by atoms with Crippen molar-refractivity contribution in [1.82, 2.24) is 15.3 Å². The number of aromatic amines is 1. The zero-order valence-electron chi connectivity index (χ0n) is 6.96. The van der Waals surface area contributed by atoms with E-state index >= 15 is 0 Å². The van der Waals surface area contributed by atoms with Gasteiger partial charge in [-0.1, -0.05) is 12.1 Å². The van der Waals surface area contributed by atoms with Crippen molar-refractivity contribution in [2.24, 2.45) is 0 Å². The monoisotopic (exact) mass is 161 g/mol. The third-order valence-corrected chi connectivity index (χ3v) is 1.90. The fraction of sp³-hybridized carbons (Fsp3) is 0.222. The molecule has 0 spiro atoms. The first kappa shape index (κ1) is 7.31. The lowest BCUT2D eigenvalue weighted by Crippen LogP contribution is -2.05. The number of aromatic nitrogens is 2. The Morgan fingerprint density at radius 2 is 2.42 bits per heavy atom. The van der Waals surface area contributed by atoms with Crippen LogP contribution in [-0.2, 0) is 6.54 Å². The van der Waals surface area contributed by atoms with Crippen LogP contribution in [-0.4, -0.2) is 17.0 Å². The van der Waals surface area contributed by atoms with Gasteiger partial charge in [0, 0.05) is 6.54 Å². The predicted molar refractivity (Wildman–Crippen MR) is 48.9 cm³/mol. The summed E-state index contributed by atoms with van der Waals surface area (Å²) in [4.78, 5) is 7.32. The summed E-state index contributed by atoms with van der Waals surface area (Å²) in [6.07, 6.45) is 1.73. The number of fused-ring (bicyclic) bond motifs is 1. The Labute approximate surface area is 70.8 Å². The van der Waals surface area contributed by atoms with Gasteiger partial charge in [0.25, 0.3) is 0 Å². The Morgan fingerprint density at radius 1 is 1.50 bits per heavy atom. The second-order valence-electron chi connectivity index (χ2n) is 2.75. The molecule has 0 aliphatic rings. The highest BCUT2D eigenvalue weighted by Gasteiger charge is 2.00. The summed E-state index contributed by atoms with van der Waals surface area (Å²) in [5.74, 6) is 0. The van der Waals surface area contributed by atoms with Crippen molar-refractivity contribution < 1.29 is 0 Å². The molecule has 0 atom stereocenters. The third-order valence-electron chi connectivity index (χ3n) is 1.90. The summed E-state index contributed by atoms with van der Waals surface area (Å²) in [7, 11) is 1.94. The van der Waals surface area contributed by atoms with Crippen LogP contribution in [0.1, 0.15) is 5.56 Å². The number of para-hydroxylation sites is 1. The molecule has 2 aromatic rings. The lowest BCUT2D eigenvalue weighted by molar-refractivity contribution is 0.822. The quantitative estimate of drug-likeness (QED) is 0.696. The minimum absolute atomic E-state index is 0.863. The molecule has 3 heteroatoms. The molecule has 1 aromatic heterocycles. The number of hydrogen-bond acceptors (Lipinski definition) is 2. The van der Waals surface area contributed by atoms with Crippen LogP contribution in [0.25, 0.3) is 11.0 Å². The van der Waals surface area contributed by atoms with Crippen LogP contribution in [0, 0.1) is 0 Å². The molecule has 0 unspecified atom stereocenters. The Bertz CT molecular complexity index is 378. The van der Waals surface area contributed by atoms with Crippen molar-refractivity contribution in [3.8, 4) is 0 Å². The highest BCUT2D eigenvalue weighted by Crippen LogP contribution is 2.13. The van der Waals surface area contributed by atoms with Gasteiger partial charge in [-0.2, -0.15) is 0 Å². The van der Waals surface area contributed by atoms with Crippen LogP contribution in [0.3, 0.4) is 0 Å². The van der Waals surface area contributed by atoms with Gasteiger partial charge in [-0.25, -0.2) is 4.98 Å². The van der Waals surface area contributed by atoms with Crippen molar-refractivity contribution in [3.63, 3.8) is 0 Å². The van der Waals surface area contributed by atoms with Crippen molar-refractivity contribution in [1.29, 1.82) is 0 Å². The van der Waals surface area contributed by atoms with Crippen LogP contribution in [0.4, 0.5) is 0 Å². The molecule has 2 N–H and O–H groups in total. The minimum Gasteiger partial charge on any atom is -0.345 e. The molecule has 1 aromatic carbocycles. The lowest BCUT2D eigenvalue weighted by Gasteiger charge is -1.99. The Morgan fingerprint density at radius 3 is 3.25 bits per heavy atom. The van der Waals surface area contributed by atoms with Gasteiger partial charge >= 0.3 is 0 Å². The summed E-state index contributed by atoms with van der Waals surface area (Å²) in [5.41, 5.74) is 3.39. The van der Waals surface area contributed by atoms with Gasteiger partial charge in [-0.3, -0.25) is 0 Å². The second kappa shape index (κ2) is 2.95. The van der Waals surface area contributed by atoms with Crippen LogP contribution >= 0.6 is 0 Å². The fourth-order valence-corrected chi connectivity index (χ4v) is 1.36. The van der Waals surface area contributed by atoms with Crippen molar-refractivity contribution in [2.45, 2.75) is 6.54 Å². The second-order valence-corrected chi connectivity index (χ2v) is 2.75. The molecule has 0 radical (unpaired) electrons. The van der Waals surface area contributed by atoms with Crippen LogP contribution in [0.15, 0.2) is 24.5 Å². The Kier molecular flexibility index (Phi) is 1.80. The molecule has 12 heavy (non-hydrogen) atoms. The smallest absolute Gasteiger partial charge is 0.0932 e. The molecular formula is C9H11N3. The Balaban J connectivity index is 2.57. The van der Waals surface area contributed by atoms with Crippen molar-refractivity contribution >= 4 is 11.0 Å². The van der Waals surface area contributed by atoms with Crippen molar-refractivity contribution in [3.05, 3.63) is 30.1 Å². The number of hydrogen-bond donors (Lipinski definition) is 2. The number of benzene rings is 1. The van der Waals surface area contributed by atoms with E-state index in [1.807, 2.05) is 19.2 Å². The van der Waals surface area contributed by atoms with E-state index < -0.39 is 0 Å². The predicted octanol–water partition coefficient (Wildman–Crippen LogP) is 1.28. The zero-order chi connectivity index (χ0) is 8.39. The summed E-state index contributed by atoms with van der Waals surface area (Å²) in [6.45, 7) is 0.863. The molecule has 62 valence electrons. The Hall–Kier alpha value is -1.35. The molecule has 0 bridgehead atoms. The number of nitrogens with one attached hydrogen (secondary N) is 2. The topological polar surface area (TPSA) is 40.7 Å². The normalized spacial score (nSPS) is 10.8. The fourth-order valence-electron chi connectivity index (χ4n) is 1.36. The maximum absolute atomic E-state index is 4.24. The van der Waals surface area contributed by atoms with Crippen LogP contribution in [0.2, 0.25) is 0 Å². The maximum Gasteiger partial charge on any atom is 0.0932 e. The molecule has 0 amide bonds. The van der Waals surface area contributed by atoms with Gasteiger partial charge < -0.3 is 10.3 Å². The molecule has 2 rings (SSSR count). The van der Waals surface area contributed by atoms with Crippen molar-refractivity contribution in [2.75, 3.05) is 7.05 Å². The van der Waals surface area contributed by atoms with E-state index in [-0.39, 0.29) is 0 Å². The van der Waals surface area contributed by atoms with Gasteiger partial charge in [0.1, 0.15) is 0 Å². The lowest BCUT2D eigenvalue weighted by atomic mass is 10.2. The van der Waals surface area contributed by atoms with E-state index in [1.54, 1.807) is 6.33 Å². The van der Waals surface area contributed by atoms with Crippen LogP contribution < -0.4 is 5.32 Å². The average Bonchev–Trinajstić information content (AvgIpc) is 2.53. The summed E-state index contributed by atoms with van der Waals surface area (Å²) in [5, 5.41) is 3.11. The molecule has 1 heterocycles. The SMILES string of the molecule is CNCc1cccc2[nH]cnc12. The number of imidazole rings is 1. The molecule has 0 aliphatic heterocycles. The zero-order valence-corrected chi connectivity index (χ0v) is 6.96. The maximum atomic E-state index is 4.24. The summed E-state index contributed by atoms with van der Waals surface area (Å²) >= 11 is 0. The summed E-state index contributed by atoms with van der Waals surface area (Å²) < 4.78 is 0. The highest BCUT2D eigenvalue weighted by molar-refractivity contribution is 5.77.